The van der Waals surface area contributed by atoms with Crippen molar-refractivity contribution in [3.63, 3.8) is 0 Å². The summed E-state index contributed by atoms with van der Waals surface area (Å²) in [6.45, 7) is 3.55. The molecule has 0 spiro atoms. The SMILES string of the molecule is CCCC(=O)N(CC(=O)N(CCc1c[nH]c2ccccc12)Cc1ccc(N(C)C)cc1)Cc1ccccc1. The van der Waals surface area contributed by atoms with Crippen LogP contribution in [-0.2, 0) is 29.1 Å². The molecule has 2 amide bonds. The normalized spacial score (nSPS) is 10.9. The molecular weight excluding hydrogens is 472 g/mol. The van der Waals surface area contributed by atoms with E-state index in [4.69, 9.17) is 0 Å². The lowest BCUT2D eigenvalue weighted by molar-refractivity contribution is -0.141. The minimum absolute atomic E-state index is 0.0108. The van der Waals surface area contributed by atoms with E-state index in [1.165, 1.54) is 10.9 Å². The van der Waals surface area contributed by atoms with E-state index in [0.29, 0.717) is 26.1 Å². The highest BCUT2D eigenvalue weighted by atomic mass is 16.2. The smallest absolute Gasteiger partial charge is 0.242 e. The number of aromatic amines is 1. The number of hydrogen-bond acceptors (Lipinski definition) is 3. The summed E-state index contributed by atoms with van der Waals surface area (Å²) in [5.41, 5.74) is 5.49. The van der Waals surface area contributed by atoms with Crippen molar-refractivity contribution in [2.45, 2.75) is 39.3 Å². The number of carbonyl (C=O) groups is 2. The molecule has 3 aromatic carbocycles. The number of nitrogens with zero attached hydrogens (tertiary/aromatic N) is 3. The van der Waals surface area contributed by atoms with Crippen LogP contribution < -0.4 is 4.90 Å². The van der Waals surface area contributed by atoms with Gasteiger partial charge < -0.3 is 19.7 Å². The van der Waals surface area contributed by atoms with E-state index in [1.807, 2.05) is 74.6 Å². The minimum atomic E-state index is -0.0399. The molecular formula is C32H38N4O2. The minimum Gasteiger partial charge on any atom is -0.378 e. The lowest BCUT2D eigenvalue weighted by Gasteiger charge is -2.28. The standard InChI is InChI=1S/C32H38N4O2/c1-4-10-31(37)36(23-25-11-6-5-7-12-25)24-32(38)35(22-26-15-17-28(18-16-26)34(2)3)20-19-27-21-33-30-14-9-8-13-29(27)30/h5-9,11-18,21,33H,4,10,19-20,22-24H2,1-3H3. The van der Waals surface area contributed by atoms with Crippen LogP contribution in [0.1, 0.15) is 36.5 Å². The molecule has 38 heavy (non-hydrogen) atoms. The van der Waals surface area contributed by atoms with Crippen molar-refractivity contribution in [2.75, 3.05) is 32.1 Å². The van der Waals surface area contributed by atoms with Gasteiger partial charge in [-0.25, -0.2) is 0 Å². The zero-order valence-corrected chi connectivity index (χ0v) is 22.7. The summed E-state index contributed by atoms with van der Waals surface area (Å²) in [5, 5.41) is 1.18. The van der Waals surface area contributed by atoms with E-state index in [9.17, 15) is 9.59 Å². The third kappa shape index (κ3) is 7.03. The van der Waals surface area contributed by atoms with Crippen molar-refractivity contribution >= 4 is 28.4 Å². The molecule has 6 heteroatoms. The quantitative estimate of drug-likeness (QED) is 0.269. The van der Waals surface area contributed by atoms with Crippen molar-refractivity contribution in [2.24, 2.45) is 0 Å². The van der Waals surface area contributed by atoms with Gasteiger partial charge in [0, 0.05) is 62.9 Å². The van der Waals surface area contributed by atoms with Gasteiger partial charge in [0.1, 0.15) is 6.54 Å². The molecule has 0 radical (unpaired) electrons. The zero-order valence-electron chi connectivity index (χ0n) is 22.7. The van der Waals surface area contributed by atoms with Gasteiger partial charge in [-0.2, -0.15) is 0 Å². The van der Waals surface area contributed by atoms with E-state index in [-0.39, 0.29) is 18.4 Å². The fraction of sp³-hybridized carbons (Fsp3) is 0.312. The summed E-state index contributed by atoms with van der Waals surface area (Å²) < 4.78 is 0. The van der Waals surface area contributed by atoms with Crippen LogP contribution in [0.5, 0.6) is 0 Å². The summed E-state index contributed by atoms with van der Waals surface area (Å²) in [6, 6.07) is 26.4. The fourth-order valence-electron chi connectivity index (χ4n) is 4.68. The van der Waals surface area contributed by atoms with E-state index in [0.717, 1.165) is 35.2 Å². The maximum atomic E-state index is 13.8. The number of amides is 2. The summed E-state index contributed by atoms with van der Waals surface area (Å²) in [5.74, 6) is -0.0291. The first-order chi connectivity index (χ1) is 18.4. The Morgan fingerprint density at radius 2 is 1.42 bits per heavy atom. The predicted molar refractivity (Wildman–Crippen MR) is 155 cm³/mol. The molecule has 1 aromatic heterocycles. The number of nitrogens with one attached hydrogen (secondary N) is 1. The van der Waals surface area contributed by atoms with E-state index in [1.54, 1.807) is 4.90 Å². The van der Waals surface area contributed by atoms with Gasteiger partial charge in [0.15, 0.2) is 0 Å². The molecule has 0 saturated carbocycles. The highest BCUT2D eigenvalue weighted by Crippen LogP contribution is 2.20. The van der Waals surface area contributed by atoms with E-state index >= 15 is 0 Å². The molecule has 198 valence electrons. The van der Waals surface area contributed by atoms with E-state index in [2.05, 4.69) is 46.3 Å². The van der Waals surface area contributed by atoms with Crippen molar-refractivity contribution < 1.29 is 9.59 Å². The van der Waals surface area contributed by atoms with Crippen LogP contribution in [0.2, 0.25) is 0 Å². The average molecular weight is 511 g/mol. The second-order valence-electron chi connectivity index (χ2n) is 9.97. The molecule has 0 unspecified atom stereocenters. The van der Waals surface area contributed by atoms with Crippen molar-refractivity contribution in [1.82, 2.24) is 14.8 Å². The van der Waals surface area contributed by atoms with Crippen molar-refractivity contribution in [3.05, 3.63) is 102 Å². The lowest BCUT2D eigenvalue weighted by atomic mass is 10.1. The van der Waals surface area contributed by atoms with Gasteiger partial charge in [0.2, 0.25) is 11.8 Å². The number of hydrogen-bond donors (Lipinski definition) is 1. The molecule has 0 aliphatic carbocycles. The van der Waals surface area contributed by atoms with Gasteiger partial charge in [0.05, 0.1) is 0 Å². The lowest BCUT2D eigenvalue weighted by Crippen LogP contribution is -2.43. The Hall–Kier alpha value is -4.06. The topological polar surface area (TPSA) is 59.7 Å². The van der Waals surface area contributed by atoms with Crippen LogP contribution in [0.25, 0.3) is 10.9 Å². The van der Waals surface area contributed by atoms with Crippen LogP contribution >= 0.6 is 0 Å². The number of anilines is 1. The largest absolute Gasteiger partial charge is 0.378 e. The van der Waals surface area contributed by atoms with Crippen LogP contribution in [0, 0.1) is 0 Å². The first kappa shape index (κ1) is 27.0. The van der Waals surface area contributed by atoms with E-state index < -0.39 is 0 Å². The Labute approximate surface area is 225 Å². The van der Waals surface area contributed by atoms with Crippen LogP contribution in [0.15, 0.2) is 85.1 Å². The maximum absolute atomic E-state index is 13.8. The molecule has 0 bridgehead atoms. The van der Waals surface area contributed by atoms with Gasteiger partial charge >= 0.3 is 0 Å². The summed E-state index contributed by atoms with van der Waals surface area (Å²) in [6.07, 6.45) is 3.95. The Morgan fingerprint density at radius 1 is 0.763 bits per heavy atom. The molecule has 0 aliphatic rings. The highest BCUT2D eigenvalue weighted by Gasteiger charge is 2.22. The second-order valence-corrected chi connectivity index (χ2v) is 9.97. The zero-order chi connectivity index (χ0) is 26.9. The summed E-state index contributed by atoms with van der Waals surface area (Å²) in [4.78, 5) is 35.8. The molecule has 0 fully saturated rings. The van der Waals surface area contributed by atoms with Gasteiger partial charge in [-0.05, 0) is 47.7 Å². The number of rotatable bonds is 12. The Kier molecular flexibility index (Phi) is 9.20. The third-order valence-electron chi connectivity index (χ3n) is 6.86. The average Bonchev–Trinajstić information content (AvgIpc) is 3.34. The summed E-state index contributed by atoms with van der Waals surface area (Å²) in [7, 11) is 4.03. The predicted octanol–water partition coefficient (Wildman–Crippen LogP) is 5.63. The van der Waals surface area contributed by atoms with Gasteiger partial charge in [0.25, 0.3) is 0 Å². The number of H-pyrrole nitrogens is 1. The monoisotopic (exact) mass is 510 g/mol. The number of para-hydroxylation sites is 1. The number of carbonyl (C=O) groups excluding carboxylic acids is 2. The third-order valence-corrected chi connectivity index (χ3v) is 6.86. The first-order valence-corrected chi connectivity index (χ1v) is 13.4. The maximum Gasteiger partial charge on any atom is 0.242 e. The Bertz CT molecular complexity index is 1330. The number of aromatic nitrogens is 1. The molecule has 6 nitrogen and oxygen atoms in total. The van der Waals surface area contributed by atoms with Gasteiger partial charge in [-0.1, -0.05) is 67.6 Å². The number of benzene rings is 3. The van der Waals surface area contributed by atoms with Crippen LogP contribution in [0.4, 0.5) is 5.69 Å². The first-order valence-electron chi connectivity index (χ1n) is 13.4. The fourth-order valence-corrected chi connectivity index (χ4v) is 4.68. The molecule has 1 N–H and O–H groups in total. The Balaban J connectivity index is 1.54. The highest BCUT2D eigenvalue weighted by molar-refractivity contribution is 5.85. The Morgan fingerprint density at radius 3 is 2.13 bits per heavy atom. The molecule has 0 aliphatic heterocycles. The molecule has 0 saturated heterocycles. The second kappa shape index (κ2) is 13.0. The molecule has 1 heterocycles. The molecule has 4 rings (SSSR count). The molecule has 4 aromatic rings. The van der Waals surface area contributed by atoms with Crippen LogP contribution in [0.3, 0.4) is 0 Å². The molecule has 0 atom stereocenters. The van der Waals surface area contributed by atoms with Crippen molar-refractivity contribution in [1.29, 1.82) is 0 Å². The number of fused-ring (bicyclic) bond motifs is 1. The summed E-state index contributed by atoms with van der Waals surface area (Å²) >= 11 is 0. The van der Waals surface area contributed by atoms with Gasteiger partial charge in [-0.3, -0.25) is 9.59 Å². The van der Waals surface area contributed by atoms with Crippen LogP contribution in [-0.4, -0.2) is 53.8 Å². The van der Waals surface area contributed by atoms with Gasteiger partial charge in [-0.15, -0.1) is 0 Å². The van der Waals surface area contributed by atoms with Crippen molar-refractivity contribution in [3.8, 4) is 0 Å².